The molecule has 10 heteroatoms. The number of fused-ring (bicyclic) bond motifs is 1. The van der Waals surface area contributed by atoms with E-state index in [9.17, 15) is 24.0 Å². The second-order valence-electron chi connectivity index (χ2n) is 8.00. The van der Waals surface area contributed by atoms with Crippen molar-refractivity contribution in [1.82, 2.24) is 15.1 Å². The summed E-state index contributed by atoms with van der Waals surface area (Å²) < 4.78 is 5.27. The van der Waals surface area contributed by atoms with E-state index in [-0.39, 0.29) is 55.0 Å². The topological polar surface area (TPSA) is 125 Å². The van der Waals surface area contributed by atoms with Crippen molar-refractivity contribution in [2.45, 2.75) is 44.7 Å². The lowest BCUT2D eigenvalue weighted by Gasteiger charge is -2.21. The molecule has 2 N–H and O–H groups in total. The first-order chi connectivity index (χ1) is 15.9. The van der Waals surface area contributed by atoms with Gasteiger partial charge in [0.25, 0.3) is 11.8 Å². The van der Waals surface area contributed by atoms with Gasteiger partial charge in [-0.05, 0) is 44.5 Å². The van der Waals surface area contributed by atoms with Crippen LogP contribution in [0.5, 0.6) is 0 Å². The van der Waals surface area contributed by atoms with Crippen LogP contribution < -0.4 is 10.6 Å². The number of anilines is 1. The van der Waals surface area contributed by atoms with Gasteiger partial charge in [0.05, 0.1) is 23.7 Å². The maximum Gasteiger partial charge on any atom is 0.323 e. The molecule has 0 aromatic heterocycles. The second-order valence-corrected chi connectivity index (χ2v) is 8.00. The summed E-state index contributed by atoms with van der Waals surface area (Å²) in [5, 5.41) is 5.51. The molecule has 2 heterocycles. The Morgan fingerprint density at radius 1 is 1.27 bits per heavy atom. The minimum Gasteiger partial charge on any atom is -0.463 e. The van der Waals surface area contributed by atoms with Crippen LogP contribution in [-0.2, 0) is 19.1 Å². The van der Waals surface area contributed by atoms with Crippen LogP contribution in [0.3, 0.4) is 0 Å². The predicted octanol–water partition coefficient (Wildman–Crippen LogP) is 0.816. The Morgan fingerprint density at radius 2 is 2.06 bits per heavy atom. The summed E-state index contributed by atoms with van der Waals surface area (Å²) in [6.07, 6.45) is 2.20. The molecule has 1 saturated heterocycles. The van der Waals surface area contributed by atoms with Crippen molar-refractivity contribution in [2.75, 3.05) is 38.6 Å². The fourth-order valence-electron chi connectivity index (χ4n) is 4.35. The Hall–Kier alpha value is -3.27. The highest BCUT2D eigenvalue weighted by atomic mass is 16.5. The number of esters is 1. The summed E-state index contributed by atoms with van der Waals surface area (Å²) in [5.41, 5.74) is 0.964. The van der Waals surface area contributed by atoms with Crippen molar-refractivity contribution in [3.8, 4) is 0 Å². The van der Waals surface area contributed by atoms with Crippen LogP contribution in [0.1, 0.15) is 53.3 Å². The van der Waals surface area contributed by atoms with Gasteiger partial charge in [-0.2, -0.15) is 0 Å². The van der Waals surface area contributed by atoms with Crippen LogP contribution in [0.15, 0.2) is 18.2 Å². The first-order valence-electron chi connectivity index (χ1n) is 11.2. The molecule has 2 aliphatic heterocycles. The highest BCUT2D eigenvalue weighted by Crippen LogP contribution is 2.31. The third-order valence-corrected chi connectivity index (χ3v) is 6.08. The molecule has 178 valence electrons. The van der Waals surface area contributed by atoms with Crippen LogP contribution in [0.2, 0.25) is 0 Å². The molecular formula is C23H30N4O6. The number of aldehydes is 1. The number of amides is 3. The Labute approximate surface area is 192 Å². The van der Waals surface area contributed by atoms with Gasteiger partial charge in [-0.1, -0.05) is 13.0 Å². The van der Waals surface area contributed by atoms with Crippen LogP contribution in [0.25, 0.3) is 0 Å². The number of hydrogen-bond donors (Lipinski definition) is 2. The Bertz CT molecular complexity index is 934. The highest BCUT2D eigenvalue weighted by Gasteiger charge is 2.41. The molecule has 10 nitrogen and oxygen atoms in total. The molecule has 2 atom stereocenters. The van der Waals surface area contributed by atoms with E-state index in [2.05, 4.69) is 15.5 Å². The Morgan fingerprint density at radius 3 is 2.76 bits per heavy atom. The third kappa shape index (κ3) is 5.22. The summed E-state index contributed by atoms with van der Waals surface area (Å²) in [6, 6.07) is 3.60. The van der Waals surface area contributed by atoms with Gasteiger partial charge in [0.2, 0.25) is 5.91 Å². The number of hydrogen-bond acceptors (Lipinski definition) is 8. The lowest BCUT2D eigenvalue weighted by molar-refractivity contribution is -0.149. The van der Waals surface area contributed by atoms with E-state index in [0.717, 1.165) is 30.8 Å². The number of carbonyl (C=O) groups excluding carboxylic acids is 5. The predicted molar refractivity (Wildman–Crippen MR) is 120 cm³/mol. The minimum atomic E-state index is -1.05. The standard InChI is InChI=1S/C23H30N4O6/c1-3-26-12-5-8-18(26)23(32)33-13-11-25-19(29)10-9-15(14-28)27-21(30)16-6-4-7-17(24-2)20(16)22(27)31/h4,6-7,14-15,18,24H,3,5,8-13H2,1-2H3,(H,25,29)/t15?,18-/m0/s1. The van der Waals surface area contributed by atoms with Crippen molar-refractivity contribution >= 4 is 35.7 Å². The van der Waals surface area contributed by atoms with Gasteiger partial charge < -0.3 is 20.2 Å². The normalized spacial score (nSPS) is 18.7. The maximum absolute atomic E-state index is 12.8. The molecule has 0 radical (unpaired) electrons. The molecule has 0 bridgehead atoms. The average molecular weight is 459 g/mol. The summed E-state index contributed by atoms with van der Waals surface area (Å²) in [6.45, 7) is 3.88. The first kappa shape index (κ1) is 24.4. The number of imide groups is 1. The van der Waals surface area contributed by atoms with E-state index in [1.807, 2.05) is 6.92 Å². The van der Waals surface area contributed by atoms with Crippen LogP contribution in [0.4, 0.5) is 5.69 Å². The first-order valence-corrected chi connectivity index (χ1v) is 11.2. The van der Waals surface area contributed by atoms with Gasteiger partial charge in [-0.3, -0.25) is 29.0 Å². The number of carbonyl (C=O) groups is 5. The molecular weight excluding hydrogens is 428 g/mol. The van der Waals surface area contributed by atoms with Crippen LogP contribution >= 0.6 is 0 Å². The Kier molecular flexibility index (Phi) is 8.16. The van der Waals surface area contributed by atoms with Gasteiger partial charge in [0, 0.05) is 19.2 Å². The zero-order valence-electron chi connectivity index (χ0n) is 19.0. The Balaban J connectivity index is 1.45. The summed E-state index contributed by atoms with van der Waals surface area (Å²) >= 11 is 0. The van der Waals surface area contributed by atoms with Gasteiger partial charge >= 0.3 is 5.97 Å². The number of likely N-dealkylation sites (N-methyl/N-ethyl adjacent to an activating group) is 1. The van der Waals surface area contributed by atoms with Crippen molar-refractivity contribution in [2.24, 2.45) is 0 Å². The lowest BCUT2D eigenvalue weighted by Crippen LogP contribution is -2.42. The van der Waals surface area contributed by atoms with Crippen molar-refractivity contribution in [1.29, 1.82) is 0 Å². The quantitative estimate of drug-likeness (QED) is 0.216. The number of benzene rings is 1. The highest BCUT2D eigenvalue weighted by molar-refractivity contribution is 6.24. The van der Waals surface area contributed by atoms with Gasteiger partial charge in [-0.25, -0.2) is 0 Å². The van der Waals surface area contributed by atoms with E-state index in [1.165, 1.54) is 6.07 Å². The SMILES string of the molecule is CCN1CCC[C@H]1C(=O)OCCNC(=O)CCC(C=O)N1C(=O)c2cccc(NC)c2C1=O. The average Bonchev–Trinajstić information content (AvgIpc) is 3.40. The number of likely N-dealkylation sites (tertiary alicyclic amines) is 1. The van der Waals surface area contributed by atoms with E-state index in [0.29, 0.717) is 12.0 Å². The molecule has 3 amide bonds. The largest absolute Gasteiger partial charge is 0.463 e. The monoisotopic (exact) mass is 458 g/mol. The molecule has 1 aromatic carbocycles. The molecule has 0 aliphatic carbocycles. The van der Waals surface area contributed by atoms with E-state index < -0.39 is 17.9 Å². The molecule has 3 rings (SSSR count). The summed E-state index contributed by atoms with van der Waals surface area (Å²) in [4.78, 5) is 64.5. The van der Waals surface area contributed by atoms with Crippen molar-refractivity contribution < 1.29 is 28.7 Å². The molecule has 0 spiro atoms. The summed E-state index contributed by atoms with van der Waals surface area (Å²) in [7, 11) is 1.64. The molecule has 0 saturated carbocycles. The number of rotatable bonds is 11. The minimum absolute atomic E-state index is 0.00299. The molecule has 1 unspecified atom stereocenters. The number of nitrogens with one attached hydrogen (secondary N) is 2. The van der Waals surface area contributed by atoms with Crippen LogP contribution in [0, 0.1) is 0 Å². The number of ether oxygens (including phenoxy) is 1. The van der Waals surface area contributed by atoms with Crippen LogP contribution in [-0.4, -0.2) is 85.1 Å². The molecule has 1 aromatic rings. The van der Waals surface area contributed by atoms with E-state index in [1.54, 1.807) is 19.2 Å². The second kappa shape index (κ2) is 11.0. The van der Waals surface area contributed by atoms with Gasteiger partial charge in [0.1, 0.15) is 18.9 Å². The molecule has 33 heavy (non-hydrogen) atoms. The molecule has 1 fully saturated rings. The lowest BCUT2D eigenvalue weighted by atomic mass is 10.1. The summed E-state index contributed by atoms with van der Waals surface area (Å²) in [5.74, 6) is -1.75. The number of nitrogens with zero attached hydrogens (tertiary/aromatic N) is 2. The zero-order valence-corrected chi connectivity index (χ0v) is 19.0. The zero-order chi connectivity index (χ0) is 24.0. The third-order valence-electron chi connectivity index (χ3n) is 6.08. The van der Waals surface area contributed by atoms with Gasteiger partial charge in [-0.15, -0.1) is 0 Å². The van der Waals surface area contributed by atoms with E-state index >= 15 is 0 Å². The molecule has 2 aliphatic rings. The van der Waals surface area contributed by atoms with Crippen molar-refractivity contribution in [3.05, 3.63) is 29.3 Å². The smallest absolute Gasteiger partial charge is 0.323 e. The maximum atomic E-state index is 12.8. The van der Waals surface area contributed by atoms with E-state index in [4.69, 9.17) is 4.74 Å². The van der Waals surface area contributed by atoms with Crippen molar-refractivity contribution in [3.63, 3.8) is 0 Å². The van der Waals surface area contributed by atoms with Gasteiger partial charge in [0.15, 0.2) is 0 Å². The fourth-order valence-corrected chi connectivity index (χ4v) is 4.35. The fraction of sp³-hybridized carbons (Fsp3) is 0.522.